The highest BCUT2D eigenvalue weighted by atomic mass is 16.5. The predicted molar refractivity (Wildman–Crippen MR) is 147 cm³/mol. The monoisotopic (exact) mass is 510 g/mol. The number of phenolic OH excluding ortho intramolecular Hbond substituents is 2. The summed E-state index contributed by atoms with van der Waals surface area (Å²) >= 11 is 0. The minimum Gasteiger partial charge on any atom is -0.508 e. The van der Waals surface area contributed by atoms with Gasteiger partial charge >= 0.3 is 0 Å². The van der Waals surface area contributed by atoms with Crippen LogP contribution in [0.4, 0.5) is 5.69 Å². The smallest absolute Gasteiger partial charge is 0.262 e. The zero-order valence-electron chi connectivity index (χ0n) is 21.6. The molecule has 0 aliphatic carbocycles. The van der Waals surface area contributed by atoms with Crippen LogP contribution in [0, 0.1) is 6.92 Å². The number of anilines is 1. The van der Waals surface area contributed by atoms with Crippen molar-refractivity contribution in [2.75, 3.05) is 19.1 Å². The number of nitrogens with zero attached hydrogens (tertiary/aromatic N) is 2. The fourth-order valence-corrected chi connectivity index (χ4v) is 4.13. The summed E-state index contributed by atoms with van der Waals surface area (Å²) in [6, 6.07) is 26.5. The number of benzene rings is 4. The van der Waals surface area contributed by atoms with Gasteiger partial charge in [0, 0.05) is 30.9 Å². The van der Waals surface area contributed by atoms with Crippen molar-refractivity contribution in [1.29, 1.82) is 0 Å². The first-order valence-electron chi connectivity index (χ1n) is 12.1. The highest BCUT2D eigenvalue weighted by molar-refractivity contribution is 6.08. The van der Waals surface area contributed by atoms with Crippen molar-refractivity contribution >= 4 is 17.5 Å². The topological polar surface area (TPSA) is 90.3 Å². The molecule has 0 heterocycles. The van der Waals surface area contributed by atoms with Gasteiger partial charge in [0.15, 0.2) is 0 Å². The standard InChI is InChI=1S/C31H30N2O5/c1-21-17-27(29(35)18-28(21)34)31(37)33(20-22-7-5-4-6-8-22)25-13-11-24(12-14-25)30(36)32(2)19-23-9-15-26(38-3)16-10-23/h4-18,34-35H,19-20H2,1-3H3. The maximum atomic E-state index is 13.6. The first-order chi connectivity index (χ1) is 18.3. The summed E-state index contributed by atoms with van der Waals surface area (Å²) < 4.78 is 5.19. The third-order valence-corrected chi connectivity index (χ3v) is 6.32. The molecule has 194 valence electrons. The Kier molecular flexibility index (Phi) is 7.97. The summed E-state index contributed by atoms with van der Waals surface area (Å²) in [5, 5.41) is 20.3. The summed E-state index contributed by atoms with van der Waals surface area (Å²) in [4.78, 5) is 29.9. The molecule has 4 aromatic rings. The van der Waals surface area contributed by atoms with Crippen molar-refractivity contribution < 1.29 is 24.5 Å². The normalized spacial score (nSPS) is 10.6. The molecule has 2 amide bonds. The molecule has 0 aliphatic heterocycles. The Hall–Kier alpha value is -4.78. The highest BCUT2D eigenvalue weighted by Crippen LogP contribution is 2.30. The summed E-state index contributed by atoms with van der Waals surface area (Å²) in [6.45, 7) is 2.35. The average molecular weight is 511 g/mol. The van der Waals surface area contributed by atoms with Gasteiger partial charge in [0.2, 0.25) is 0 Å². The molecular formula is C31H30N2O5. The molecule has 2 N–H and O–H groups in total. The number of carbonyl (C=O) groups is 2. The SMILES string of the molecule is COc1ccc(CN(C)C(=O)c2ccc(N(Cc3ccccc3)C(=O)c3cc(C)c(O)cc3O)cc2)cc1. The van der Waals surface area contributed by atoms with E-state index in [1.54, 1.807) is 50.2 Å². The number of aromatic hydroxyl groups is 2. The molecule has 0 saturated heterocycles. The Morgan fingerprint density at radius 1 is 0.763 bits per heavy atom. The fraction of sp³-hybridized carbons (Fsp3) is 0.161. The van der Waals surface area contributed by atoms with Crippen molar-refractivity contribution in [2.24, 2.45) is 0 Å². The second-order valence-corrected chi connectivity index (χ2v) is 9.09. The molecular weight excluding hydrogens is 480 g/mol. The average Bonchev–Trinajstić information content (AvgIpc) is 2.94. The molecule has 4 rings (SSSR count). The van der Waals surface area contributed by atoms with Crippen LogP contribution in [0.3, 0.4) is 0 Å². The van der Waals surface area contributed by atoms with Gasteiger partial charge in [-0.3, -0.25) is 9.59 Å². The van der Waals surface area contributed by atoms with Crippen LogP contribution in [-0.2, 0) is 13.1 Å². The Morgan fingerprint density at radius 3 is 2.03 bits per heavy atom. The van der Waals surface area contributed by atoms with Gasteiger partial charge in [0.25, 0.3) is 11.8 Å². The third-order valence-electron chi connectivity index (χ3n) is 6.32. The Bertz CT molecular complexity index is 1420. The van der Waals surface area contributed by atoms with Crippen LogP contribution in [-0.4, -0.2) is 41.1 Å². The molecule has 0 fully saturated rings. The van der Waals surface area contributed by atoms with Gasteiger partial charge in [0.05, 0.1) is 19.2 Å². The number of carbonyl (C=O) groups excluding carboxylic acids is 2. The number of phenols is 2. The molecule has 0 spiro atoms. The Morgan fingerprint density at radius 2 is 1.39 bits per heavy atom. The van der Waals surface area contributed by atoms with Crippen molar-refractivity contribution in [3.8, 4) is 17.2 Å². The minimum atomic E-state index is -0.426. The Labute approximate surface area is 222 Å². The maximum absolute atomic E-state index is 13.6. The summed E-state index contributed by atoms with van der Waals surface area (Å²) in [5.74, 6) is -0.215. The van der Waals surface area contributed by atoms with Crippen LogP contribution in [0.2, 0.25) is 0 Å². The number of methoxy groups -OCH3 is 1. The van der Waals surface area contributed by atoms with E-state index in [1.165, 1.54) is 17.0 Å². The summed E-state index contributed by atoms with van der Waals surface area (Å²) in [7, 11) is 3.35. The molecule has 0 radical (unpaired) electrons. The molecule has 0 aromatic heterocycles. The molecule has 7 nitrogen and oxygen atoms in total. The van der Waals surface area contributed by atoms with Gasteiger partial charge in [-0.05, 0) is 66.1 Å². The molecule has 0 saturated carbocycles. The van der Waals surface area contributed by atoms with E-state index in [1.807, 2.05) is 54.6 Å². The van der Waals surface area contributed by atoms with E-state index in [2.05, 4.69) is 0 Å². The number of rotatable bonds is 8. The van der Waals surface area contributed by atoms with E-state index in [0.29, 0.717) is 23.4 Å². The van der Waals surface area contributed by atoms with E-state index in [0.717, 1.165) is 16.9 Å². The number of amides is 2. The van der Waals surface area contributed by atoms with Crippen molar-refractivity contribution in [3.05, 3.63) is 119 Å². The second-order valence-electron chi connectivity index (χ2n) is 9.09. The first-order valence-corrected chi connectivity index (χ1v) is 12.1. The molecule has 0 atom stereocenters. The summed E-state index contributed by atoms with van der Waals surface area (Å²) in [6.07, 6.45) is 0. The van der Waals surface area contributed by atoms with Gasteiger partial charge in [-0.15, -0.1) is 0 Å². The second kappa shape index (κ2) is 11.5. The van der Waals surface area contributed by atoms with Crippen LogP contribution >= 0.6 is 0 Å². The highest BCUT2D eigenvalue weighted by Gasteiger charge is 2.23. The minimum absolute atomic E-state index is 0.0793. The van der Waals surface area contributed by atoms with E-state index in [-0.39, 0.29) is 29.5 Å². The van der Waals surface area contributed by atoms with E-state index < -0.39 is 5.91 Å². The van der Waals surface area contributed by atoms with E-state index >= 15 is 0 Å². The maximum Gasteiger partial charge on any atom is 0.262 e. The van der Waals surface area contributed by atoms with Crippen LogP contribution in [0.25, 0.3) is 0 Å². The van der Waals surface area contributed by atoms with Crippen molar-refractivity contribution in [2.45, 2.75) is 20.0 Å². The molecule has 4 aromatic carbocycles. The number of aryl methyl sites for hydroxylation is 1. The lowest BCUT2D eigenvalue weighted by Crippen LogP contribution is -2.31. The number of ether oxygens (including phenoxy) is 1. The molecule has 7 heteroatoms. The first kappa shape index (κ1) is 26.3. The van der Waals surface area contributed by atoms with Crippen molar-refractivity contribution in [1.82, 2.24) is 4.90 Å². The van der Waals surface area contributed by atoms with Crippen LogP contribution in [0.1, 0.15) is 37.4 Å². The molecule has 0 aliphatic rings. The lowest BCUT2D eigenvalue weighted by atomic mass is 10.1. The van der Waals surface area contributed by atoms with Gasteiger partial charge in [-0.1, -0.05) is 42.5 Å². The lowest BCUT2D eigenvalue weighted by Gasteiger charge is -2.24. The zero-order chi connectivity index (χ0) is 27.2. The molecule has 38 heavy (non-hydrogen) atoms. The van der Waals surface area contributed by atoms with Gasteiger partial charge in [0.1, 0.15) is 17.2 Å². The van der Waals surface area contributed by atoms with Crippen LogP contribution < -0.4 is 9.64 Å². The van der Waals surface area contributed by atoms with Crippen LogP contribution in [0.15, 0.2) is 91.0 Å². The van der Waals surface area contributed by atoms with Crippen LogP contribution in [0.5, 0.6) is 17.2 Å². The summed E-state index contributed by atoms with van der Waals surface area (Å²) in [5.41, 5.74) is 3.48. The largest absolute Gasteiger partial charge is 0.508 e. The zero-order valence-corrected chi connectivity index (χ0v) is 21.6. The van der Waals surface area contributed by atoms with E-state index in [9.17, 15) is 19.8 Å². The van der Waals surface area contributed by atoms with E-state index in [4.69, 9.17) is 4.74 Å². The molecule has 0 unspecified atom stereocenters. The third kappa shape index (κ3) is 5.95. The molecule has 0 bridgehead atoms. The van der Waals surface area contributed by atoms with Gasteiger partial charge < -0.3 is 24.7 Å². The Balaban J connectivity index is 1.58. The van der Waals surface area contributed by atoms with Gasteiger partial charge in [-0.2, -0.15) is 0 Å². The number of hydrogen-bond donors (Lipinski definition) is 2. The quantitative estimate of drug-likeness (QED) is 0.325. The number of hydrogen-bond acceptors (Lipinski definition) is 5. The van der Waals surface area contributed by atoms with Gasteiger partial charge in [-0.25, -0.2) is 0 Å². The predicted octanol–water partition coefficient (Wildman–Crippen LogP) is 5.53. The van der Waals surface area contributed by atoms with Crippen molar-refractivity contribution in [3.63, 3.8) is 0 Å². The lowest BCUT2D eigenvalue weighted by molar-refractivity contribution is 0.0785. The fourth-order valence-electron chi connectivity index (χ4n) is 4.13.